The third-order valence-electron chi connectivity index (χ3n) is 20.8. The lowest BCUT2D eigenvalue weighted by Crippen LogP contribution is -2.40. The van der Waals surface area contributed by atoms with E-state index in [9.17, 15) is 96.4 Å². The molecule has 13 aromatic rings. The maximum Gasteiger partial charge on any atom is 0.399 e. The molecule has 646 valence electrons. The summed E-state index contributed by atoms with van der Waals surface area (Å²) in [6.45, 7) is 0. The van der Waals surface area contributed by atoms with E-state index in [1.165, 1.54) is 60.7 Å². The normalized spacial score (nSPS) is 13.0. The van der Waals surface area contributed by atoms with Gasteiger partial charge in [0.05, 0.1) is 16.7 Å². The van der Waals surface area contributed by atoms with Crippen LogP contribution in [0.25, 0.3) is 0 Å². The number of halogens is 12. The summed E-state index contributed by atoms with van der Waals surface area (Å²) in [7, 11) is -11.7. The first kappa shape index (κ1) is 96.3. The number of Topliss-reactive ketones (excluding diaryl/α,β-unsaturated/α-hetero) is 4. The number of carbonyl (C=O) groups is 7. The molecule has 0 saturated heterocycles. The van der Waals surface area contributed by atoms with Crippen molar-refractivity contribution in [1.29, 1.82) is 0 Å². The molecule has 0 saturated carbocycles. The average molecular weight is 1890 g/mol. The standard InChI is InChI=1S/C32H23BrF4O3.C30H25BrF4O7P2.C23H18F2O2.C14H12O/c33-28-17-23(13-16-27(28)32(36,37)21-39)19-30(25-9-5-2-6-10-25,29(40)24-7-3-1-4-8-24)18-22-11-14-26(15-12-22)31(34,35)20-38;31-26-17-21(13-16-25(26)30(34,35)44(40,41)42)19-28(23-9-5-2-6-10-23,27(36)22-7-3-1-4-8-22)18-20-11-14-24(15-12-20)29(32,33)43(37,38)39;24-23(25,16-26)20-13-11-17(12-14-20)15-21(18-7-3-1-4-8-18)22(27)19-9-5-2-6-10-19;15-14(13-9-5-2-6-10-13)11-12-7-3-1-4-8-12/h1-17,20-21H,18-19H2;1-17H,18-19H2,(H2,37,38,39)(H2,40,41,42);1-14,16,21H,15H2;1-10H,11H2. The van der Waals surface area contributed by atoms with Gasteiger partial charge in [-0.2, -0.15) is 43.9 Å². The van der Waals surface area contributed by atoms with Gasteiger partial charge in [0.15, 0.2) is 42.0 Å². The van der Waals surface area contributed by atoms with Gasteiger partial charge in [-0.1, -0.05) is 372 Å². The minimum atomic E-state index is -5.87. The zero-order chi connectivity index (χ0) is 91.3. The van der Waals surface area contributed by atoms with E-state index in [2.05, 4.69) is 31.9 Å². The van der Waals surface area contributed by atoms with Gasteiger partial charge in [-0.15, -0.1) is 0 Å². The molecule has 0 bridgehead atoms. The molecule has 27 heteroatoms. The maximum absolute atomic E-state index is 14.5. The maximum atomic E-state index is 14.5. The lowest BCUT2D eigenvalue weighted by atomic mass is 9.67. The molecule has 13 nitrogen and oxygen atoms in total. The largest absolute Gasteiger partial charge is 0.399 e. The van der Waals surface area contributed by atoms with Crippen LogP contribution in [0.15, 0.2) is 361 Å². The number of hydrogen-bond donors (Lipinski definition) is 4. The van der Waals surface area contributed by atoms with E-state index in [1.54, 1.807) is 146 Å². The van der Waals surface area contributed by atoms with E-state index in [1.807, 2.05) is 109 Å². The summed E-state index contributed by atoms with van der Waals surface area (Å²) in [4.78, 5) is 123. The molecular formula is C99H78Br2F10O13P2. The minimum Gasteiger partial charge on any atom is -0.320 e. The first-order valence-electron chi connectivity index (χ1n) is 38.6. The van der Waals surface area contributed by atoms with Gasteiger partial charge in [-0.05, 0) is 94.3 Å². The Labute approximate surface area is 735 Å². The number of hydrogen-bond acceptors (Lipinski definition) is 9. The van der Waals surface area contributed by atoms with Gasteiger partial charge < -0.3 is 19.6 Å². The summed E-state index contributed by atoms with van der Waals surface area (Å²) in [5, 5.41) is 0. The number of ketones is 4. The summed E-state index contributed by atoms with van der Waals surface area (Å²) in [6, 6.07) is 94.1. The molecule has 0 aliphatic rings. The van der Waals surface area contributed by atoms with Gasteiger partial charge >= 0.3 is 44.3 Å². The minimum absolute atomic E-state index is 0.0108. The van der Waals surface area contributed by atoms with Crippen LogP contribution in [0.2, 0.25) is 0 Å². The van der Waals surface area contributed by atoms with Crippen LogP contribution in [0, 0.1) is 0 Å². The predicted octanol–water partition coefficient (Wildman–Crippen LogP) is 23.4. The molecule has 0 aromatic heterocycles. The van der Waals surface area contributed by atoms with E-state index < -0.39 is 102 Å². The van der Waals surface area contributed by atoms with Crippen LogP contribution < -0.4 is 0 Å². The fraction of sp³-hybridized carbons (Fsp3) is 0.141. The number of carbonyl (C=O) groups excluding carboxylic acids is 7. The summed E-state index contributed by atoms with van der Waals surface area (Å²) in [6.07, 6.45) is -0.439. The predicted molar refractivity (Wildman–Crippen MR) is 467 cm³/mol. The highest BCUT2D eigenvalue weighted by atomic mass is 79.9. The molecular weight excluding hydrogens is 1810 g/mol. The van der Waals surface area contributed by atoms with Crippen molar-refractivity contribution in [3.63, 3.8) is 0 Å². The van der Waals surface area contributed by atoms with Crippen molar-refractivity contribution in [2.75, 3.05) is 0 Å². The van der Waals surface area contributed by atoms with E-state index in [0.717, 1.165) is 58.7 Å². The fourth-order valence-electron chi connectivity index (χ4n) is 14.3. The van der Waals surface area contributed by atoms with Crippen molar-refractivity contribution in [3.05, 3.63) is 461 Å². The summed E-state index contributed by atoms with van der Waals surface area (Å²) in [5.74, 6) is -11.8. The van der Waals surface area contributed by atoms with Crippen molar-refractivity contribution < 1.29 is 106 Å². The molecule has 13 rings (SSSR count). The lowest BCUT2D eigenvalue weighted by molar-refractivity contribution is -0.130. The highest BCUT2D eigenvalue weighted by molar-refractivity contribution is 9.10. The number of rotatable bonds is 32. The quantitative estimate of drug-likeness (QED) is 0.0133. The summed E-state index contributed by atoms with van der Waals surface area (Å²) in [5.41, 5.74) is -7.16. The third kappa shape index (κ3) is 23.8. The molecule has 126 heavy (non-hydrogen) atoms. The Kier molecular flexibility index (Phi) is 32.1. The molecule has 0 aliphatic heterocycles. The topological polar surface area (TPSA) is 235 Å². The zero-order valence-electron chi connectivity index (χ0n) is 66.4. The van der Waals surface area contributed by atoms with E-state index >= 15 is 0 Å². The molecule has 0 fully saturated rings. The van der Waals surface area contributed by atoms with Crippen molar-refractivity contribution in [2.45, 2.75) is 84.4 Å². The van der Waals surface area contributed by atoms with Gasteiger partial charge in [-0.25, -0.2) is 0 Å². The Morgan fingerprint density at radius 3 is 0.968 bits per heavy atom. The van der Waals surface area contributed by atoms with Crippen LogP contribution in [0.4, 0.5) is 43.9 Å². The van der Waals surface area contributed by atoms with Crippen molar-refractivity contribution in [3.8, 4) is 0 Å². The first-order chi connectivity index (χ1) is 59.8. The van der Waals surface area contributed by atoms with Crippen molar-refractivity contribution in [1.82, 2.24) is 0 Å². The second-order valence-electron chi connectivity index (χ2n) is 29.5. The van der Waals surface area contributed by atoms with Crippen molar-refractivity contribution >= 4 is 89.0 Å². The van der Waals surface area contributed by atoms with Gasteiger partial charge in [-0.3, -0.25) is 42.7 Å². The molecule has 3 unspecified atom stereocenters. The SMILES string of the molecule is O=C(Cc1ccccc1)c1ccccc1.O=C(c1ccccc1)C(Cc1ccc(C(F)(F)P(=O)(O)O)cc1)(Cc1ccc(C(F)(F)P(=O)(O)O)c(Br)c1)c1ccccc1.O=CC(F)(F)c1ccc(CC(C(=O)c2ccccc2)c2ccccc2)cc1.O=CC(F)(F)c1ccc(CC(Cc2ccc(C(F)(F)C=O)c(Br)c2)(C(=O)c2ccccc2)c2ccccc2)cc1. The highest BCUT2D eigenvalue weighted by Gasteiger charge is 2.53. The molecule has 0 amide bonds. The third-order valence-corrected chi connectivity index (χ3v) is 24.1. The summed E-state index contributed by atoms with van der Waals surface area (Å²) >= 11 is 6.13. The molecule has 3 atom stereocenters. The molecule has 0 heterocycles. The smallest absolute Gasteiger partial charge is 0.320 e. The van der Waals surface area contributed by atoms with Gasteiger partial charge in [0, 0.05) is 65.4 Å². The Morgan fingerprint density at radius 2 is 0.611 bits per heavy atom. The van der Waals surface area contributed by atoms with E-state index in [0.29, 0.717) is 62.9 Å². The summed E-state index contributed by atoms with van der Waals surface area (Å²) < 4.78 is 163. The van der Waals surface area contributed by atoms with Gasteiger partial charge in [0.25, 0.3) is 0 Å². The first-order valence-corrected chi connectivity index (χ1v) is 43.4. The van der Waals surface area contributed by atoms with E-state index in [4.69, 9.17) is 9.79 Å². The Balaban J connectivity index is 0.000000185. The number of alkyl halides is 10. The molecule has 0 radical (unpaired) electrons. The second-order valence-corrected chi connectivity index (χ2v) is 34.5. The fourth-order valence-corrected chi connectivity index (χ4v) is 16.8. The highest BCUT2D eigenvalue weighted by Crippen LogP contribution is 2.61. The zero-order valence-corrected chi connectivity index (χ0v) is 71.4. The second kappa shape index (κ2) is 41.9. The average Bonchev–Trinajstić information content (AvgIpc) is 0.755. The van der Waals surface area contributed by atoms with Crippen LogP contribution in [0.1, 0.15) is 125 Å². The van der Waals surface area contributed by atoms with Crippen LogP contribution in [0.3, 0.4) is 0 Å². The van der Waals surface area contributed by atoms with Crippen LogP contribution in [0.5, 0.6) is 0 Å². The molecule has 4 N–H and O–H groups in total. The van der Waals surface area contributed by atoms with Gasteiger partial charge in [0.2, 0.25) is 0 Å². The Bertz CT molecular complexity index is 6000. The molecule has 0 aliphatic carbocycles. The monoisotopic (exact) mass is 1880 g/mol. The van der Waals surface area contributed by atoms with Crippen LogP contribution in [-0.4, -0.2) is 61.6 Å². The molecule has 0 spiro atoms. The Morgan fingerprint density at radius 1 is 0.310 bits per heavy atom. The van der Waals surface area contributed by atoms with E-state index in [-0.39, 0.29) is 63.8 Å². The number of aldehydes is 3. The number of benzene rings is 13. The Hall–Kier alpha value is -11.9. The lowest BCUT2D eigenvalue weighted by Gasteiger charge is -2.34. The van der Waals surface area contributed by atoms with Crippen molar-refractivity contribution in [2.24, 2.45) is 0 Å². The van der Waals surface area contributed by atoms with Crippen LogP contribution in [-0.2, 0) is 102 Å². The molecule has 13 aromatic carbocycles. The van der Waals surface area contributed by atoms with Gasteiger partial charge in [0.1, 0.15) is 0 Å². The van der Waals surface area contributed by atoms with Crippen LogP contribution >= 0.6 is 47.1 Å².